The molecular weight excluding hydrogens is 312 g/mol. The third kappa shape index (κ3) is 1.69. The topological polar surface area (TPSA) is 38.4 Å². The molecule has 80 valence electrons. The van der Waals surface area contributed by atoms with Crippen LogP contribution < -0.4 is 0 Å². The number of rotatable bonds is 0. The molecule has 1 aromatic carbocycles. The molecule has 0 radical (unpaired) electrons. The second kappa shape index (κ2) is 3.91. The summed E-state index contributed by atoms with van der Waals surface area (Å²) in [5, 5.41) is 1.08. The highest BCUT2D eigenvalue weighted by atomic mass is 79.9. The number of hydrogen-bond donors (Lipinski definition) is 0. The van der Waals surface area contributed by atoms with Crippen LogP contribution in [-0.2, 0) is 0 Å². The molecule has 0 N–H and O–H groups in total. The van der Waals surface area contributed by atoms with Gasteiger partial charge in [0.2, 0.25) is 0 Å². The van der Waals surface area contributed by atoms with Crippen LogP contribution in [0.25, 0.3) is 0 Å². The fourth-order valence-electron chi connectivity index (χ4n) is 1.37. The van der Waals surface area contributed by atoms with Crippen molar-refractivity contribution in [2.24, 2.45) is 4.99 Å². The summed E-state index contributed by atoms with van der Waals surface area (Å²) in [7, 11) is 0. The van der Waals surface area contributed by atoms with E-state index in [0.717, 1.165) is 20.1 Å². The van der Waals surface area contributed by atoms with Gasteiger partial charge in [-0.3, -0.25) is 0 Å². The lowest BCUT2D eigenvalue weighted by atomic mass is 10.3. The first-order chi connectivity index (χ1) is 7.74. The monoisotopic (exact) mass is 314 g/mol. The Kier molecular flexibility index (Phi) is 2.53. The Morgan fingerprint density at radius 3 is 3.12 bits per heavy atom. The quantitative estimate of drug-likeness (QED) is 0.730. The Morgan fingerprint density at radius 1 is 1.38 bits per heavy atom. The second-order valence-electron chi connectivity index (χ2n) is 3.10. The maximum Gasteiger partial charge on any atom is 0.198 e. The Hall–Kier alpha value is -0.780. The van der Waals surface area contributed by atoms with E-state index in [1.165, 1.54) is 18.2 Å². The summed E-state index contributed by atoms with van der Waals surface area (Å²) < 4.78 is 6.17. The third-order valence-corrected chi connectivity index (χ3v) is 3.87. The third-order valence-electron chi connectivity index (χ3n) is 2.07. The van der Waals surface area contributed by atoms with Gasteiger partial charge in [0, 0.05) is 9.37 Å². The molecule has 0 aliphatic carbocycles. The highest BCUT2D eigenvalue weighted by molar-refractivity contribution is 9.10. The Bertz CT molecular complexity index is 596. The summed E-state index contributed by atoms with van der Waals surface area (Å²) in [6.07, 6.45) is 1.37. The first-order valence-corrected chi connectivity index (χ1v) is 6.38. The molecule has 0 amide bonds. The summed E-state index contributed by atoms with van der Waals surface area (Å²) in [5.74, 6) is 0.527. The molecule has 1 aliphatic rings. The van der Waals surface area contributed by atoms with Gasteiger partial charge in [-0.1, -0.05) is 39.3 Å². The molecule has 0 bridgehead atoms. The van der Waals surface area contributed by atoms with Gasteiger partial charge in [-0.15, -0.1) is 0 Å². The molecule has 0 spiro atoms. The second-order valence-corrected chi connectivity index (χ2v) is 5.41. The number of aliphatic imine (C=N–C) groups is 1. The first kappa shape index (κ1) is 10.4. The van der Waals surface area contributed by atoms with Gasteiger partial charge >= 0.3 is 0 Å². The van der Waals surface area contributed by atoms with Crippen molar-refractivity contribution in [2.45, 2.75) is 9.92 Å². The molecule has 16 heavy (non-hydrogen) atoms. The van der Waals surface area contributed by atoms with Crippen LogP contribution in [0.15, 0.2) is 48.4 Å². The van der Waals surface area contributed by atoms with Gasteiger partial charge in [-0.2, -0.15) is 0 Å². The molecule has 0 unspecified atom stereocenters. The van der Waals surface area contributed by atoms with Crippen molar-refractivity contribution in [2.75, 3.05) is 0 Å². The lowest BCUT2D eigenvalue weighted by Crippen LogP contribution is -1.87. The van der Waals surface area contributed by atoms with E-state index in [9.17, 15) is 0 Å². The maximum absolute atomic E-state index is 6.06. The fraction of sp³-hybridized carbons (Fsp3) is 0. The van der Waals surface area contributed by atoms with Crippen molar-refractivity contribution < 1.29 is 4.42 Å². The van der Waals surface area contributed by atoms with Gasteiger partial charge in [-0.05, 0) is 18.2 Å². The zero-order valence-electron chi connectivity index (χ0n) is 7.78. The highest BCUT2D eigenvalue weighted by Gasteiger charge is 2.20. The van der Waals surface area contributed by atoms with Gasteiger partial charge in [0.05, 0.1) is 5.69 Å². The van der Waals surface area contributed by atoms with E-state index in [0.29, 0.717) is 10.9 Å². The normalized spacial score (nSPS) is 13.8. The molecule has 2 heterocycles. The number of nitrogens with zero attached hydrogens (tertiary/aromatic N) is 2. The van der Waals surface area contributed by atoms with Crippen LogP contribution in [0.1, 0.15) is 5.76 Å². The number of benzene rings is 1. The van der Waals surface area contributed by atoms with Gasteiger partial charge in [-0.25, -0.2) is 9.98 Å². The van der Waals surface area contributed by atoms with E-state index >= 15 is 0 Å². The van der Waals surface area contributed by atoms with Gasteiger partial charge in [0.25, 0.3) is 0 Å². The van der Waals surface area contributed by atoms with E-state index < -0.39 is 0 Å². The predicted molar refractivity (Wildman–Crippen MR) is 66.8 cm³/mol. The summed E-state index contributed by atoms with van der Waals surface area (Å²) in [5.41, 5.74) is 0.817. The van der Waals surface area contributed by atoms with Crippen LogP contribution in [0.4, 0.5) is 5.69 Å². The van der Waals surface area contributed by atoms with Crippen molar-refractivity contribution in [3.63, 3.8) is 0 Å². The minimum Gasteiger partial charge on any atom is -0.440 e. The van der Waals surface area contributed by atoms with Crippen molar-refractivity contribution in [1.29, 1.82) is 0 Å². The lowest BCUT2D eigenvalue weighted by molar-refractivity contribution is 0.547. The van der Waals surface area contributed by atoms with E-state index in [-0.39, 0.29) is 0 Å². The summed E-state index contributed by atoms with van der Waals surface area (Å²) in [6, 6.07) is 5.85. The van der Waals surface area contributed by atoms with E-state index in [2.05, 4.69) is 25.9 Å². The smallest absolute Gasteiger partial charge is 0.198 e. The van der Waals surface area contributed by atoms with Crippen molar-refractivity contribution in [3.8, 4) is 0 Å². The predicted octanol–water partition coefficient (Wildman–Crippen LogP) is 4.22. The summed E-state index contributed by atoms with van der Waals surface area (Å²) in [4.78, 5) is 9.43. The fourth-order valence-corrected chi connectivity index (χ4v) is 2.89. The number of aromatic nitrogens is 1. The van der Waals surface area contributed by atoms with Gasteiger partial charge in [0.1, 0.15) is 0 Å². The highest BCUT2D eigenvalue weighted by Crippen LogP contribution is 2.41. The van der Waals surface area contributed by atoms with Crippen molar-refractivity contribution in [3.05, 3.63) is 34.8 Å². The summed E-state index contributed by atoms with van der Waals surface area (Å²) >= 11 is 11.0. The molecule has 1 aliphatic heterocycles. The molecule has 0 saturated heterocycles. The molecule has 0 atom stereocenters. The molecule has 3 nitrogen and oxygen atoms in total. The average Bonchev–Trinajstić information content (AvgIpc) is 2.65. The molecule has 2 aromatic rings. The standard InChI is InChI=1S/C10H4BrClN2OS/c11-5-1-2-7-6(3-5)14-9(12)8-10(16-7)13-4-15-8/h1-4H. The molecule has 3 rings (SSSR count). The maximum atomic E-state index is 6.06. The number of halogens is 2. The van der Waals surface area contributed by atoms with Gasteiger partial charge in [0.15, 0.2) is 22.4 Å². The molecule has 0 saturated carbocycles. The number of hydrogen-bond acceptors (Lipinski definition) is 4. The number of fused-ring (bicyclic) bond motifs is 2. The van der Waals surface area contributed by atoms with E-state index in [4.69, 9.17) is 16.0 Å². The zero-order chi connectivity index (χ0) is 11.1. The van der Waals surface area contributed by atoms with E-state index in [1.807, 2.05) is 18.2 Å². The first-order valence-electron chi connectivity index (χ1n) is 4.39. The van der Waals surface area contributed by atoms with Crippen molar-refractivity contribution in [1.82, 2.24) is 4.98 Å². The Labute approximate surface area is 109 Å². The van der Waals surface area contributed by atoms with Gasteiger partial charge < -0.3 is 4.42 Å². The molecule has 1 aromatic heterocycles. The lowest BCUT2D eigenvalue weighted by Gasteiger charge is -2.01. The molecular formula is C10H4BrClN2OS. The van der Waals surface area contributed by atoms with E-state index in [1.54, 1.807) is 0 Å². The van der Waals surface area contributed by atoms with Crippen LogP contribution in [0.3, 0.4) is 0 Å². The summed E-state index contributed by atoms with van der Waals surface area (Å²) in [6.45, 7) is 0. The zero-order valence-corrected chi connectivity index (χ0v) is 10.9. The number of oxazole rings is 1. The largest absolute Gasteiger partial charge is 0.440 e. The SMILES string of the molecule is ClC1=Nc2cc(Br)ccc2Sc2ncoc21. The van der Waals surface area contributed by atoms with Crippen LogP contribution in [0.5, 0.6) is 0 Å². The minimum atomic E-state index is 0.330. The minimum absolute atomic E-state index is 0.330. The molecule has 0 fully saturated rings. The Morgan fingerprint density at radius 2 is 2.25 bits per heavy atom. The van der Waals surface area contributed by atoms with Crippen LogP contribution in [0, 0.1) is 0 Å². The average molecular weight is 316 g/mol. The van der Waals surface area contributed by atoms with Crippen molar-refractivity contribution >= 4 is 50.2 Å². The molecule has 6 heteroatoms. The Balaban J connectivity index is 2.23. The van der Waals surface area contributed by atoms with Crippen LogP contribution in [-0.4, -0.2) is 10.2 Å². The van der Waals surface area contributed by atoms with Crippen LogP contribution in [0.2, 0.25) is 0 Å². The van der Waals surface area contributed by atoms with Crippen LogP contribution >= 0.6 is 39.3 Å².